The maximum atomic E-state index is 13.5. The summed E-state index contributed by atoms with van der Waals surface area (Å²) < 4.78 is 11.4. The number of amides is 1. The smallest absolute Gasteiger partial charge is 0.273 e. The van der Waals surface area contributed by atoms with Crippen LogP contribution in [0, 0.1) is 21.4 Å². The molecule has 9 heteroatoms. The average molecular weight is 558 g/mol. The third-order valence-corrected chi connectivity index (χ3v) is 8.49. The molecule has 0 radical (unpaired) electrons. The number of thiophene rings is 1. The maximum absolute atomic E-state index is 13.5. The Bertz CT molecular complexity index is 1580. The number of aliphatic imine (C=N–C) groups is 1. The first-order valence-corrected chi connectivity index (χ1v) is 13.9. The molecule has 8 nitrogen and oxygen atoms in total. The number of nitrogens with zero attached hydrogens (tertiary/aromatic N) is 2. The van der Waals surface area contributed by atoms with Gasteiger partial charge >= 0.3 is 0 Å². The number of non-ortho nitro benzene ring substituents is 1. The minimum absolute atomic E-state index is 0.0642. The number of ether oxygens (including phenoxy) is 1. The van der Waals surface area contributed by atoms with Crippen LogP contribution in [0.15, 0.2) is 70.1 Å². The fraction of sp³-hybridized carbons (Fsp3) is 0.290. The van der Waals surface area contributed by atoms with E-state index in [-0.39, 0.29) is 17.0 Å². The maximum Gasteiger partial charge on any atom is 0.273 e. The van der Waals surface area contributed by atoms with E-state index < -0.39 is 4.92 Å². The topological polar surface area (TPSA) is 107 Å². The van der Waals surface area contributed by atoms with Gasteiger partial charge in [0.05, 0.1) is 35.4 Å². The summed E-state index contributed by atoms with van der Waals surface area (Å²) in [6.45, 7) is 6.81. The summed E-state index contributed by atoms with van der Waals surface area (Å²) in [6, 6.07) is 17.3. The van der Waals surface area contributed by atoms with Crippen LogP contribution in [0.25, 0.3) is 11.3 Å². The molecule has 2 aromatic carbocycles. The van der Waals surface area contributed by atoms with Crippen LogP contribution in [-0.2, 0) is 12.8 Å². The third kappa shape index (κ3) is 5.70. The Morgan fingerprint density at radius 2 is 1.95 bits per heavy atom. The van der Waals surface area contributed by atoms with E-state index in [0.29, 0.717) is 39.3 Å². The Kier molecular flexibility index (Phi) is 7.58. The molecule has 2 heterocycles. The van der Waals surface area contributed by atoms with Crippen LogP contribution < -0.4 is 10.1 Å². The van der Waals surface area contributed by atoms with E-state index in [2.05, 4.69) is 26.1 Å². The highest BCUT2D eigenvalue weighted by atomic mass is 32.1. The summed E-state index contributed by atoms with van der Waals surface area (Å²) in [5.74, 6) is 1.69. The molecule has 40 heavy (non-hydrogen) atoms. The number of carbonyl (C=O) groups excluding carboxylic acids is 1. The zero-order valence-corrected chi connectivity index (χ0v) is 23.7. The lowest BCUT2D eigenvalue weighted by atomic mass is 9.72. The number of hydrogen-bond donors (Lipinski definition) is 1. The van der Waals surface area contributed by atoms with Gasteiger partial charge in [0.1, 0.15) is 22.3 Å². The fourth-order valence-electron chi connectivity index (χ4n) is 5.04. The molecule has 1 aliphatic carbocycles. The molecular weight excluding hydrogens is 526 g/mol. The van der Waals surface area contributed by atoms with Gasteiger partial charge in [-0.15, -0.1) is 11.3 Å². The number of hydrogen-bond acceptors (Lipinski definition) is 7. The van der Waals surface area contributed by atoms with E-state index in [1.165, 1.54) is 24.1 Å². The van der Waals surface area contributed by atoms with Crippen molar-refractivity contribution in [3.8, 4) is 17.1 Å². The highest BCUT2D eigenvalue weighted by molar-refractivity contribution is 7.16. The molecule has 0 fully saturated rings. The van der Waals surface area contributed by atoms with E-state index in [1.54, 1.807) is 35.8 Å². The molecule has 0 saturated heterocycles. The first kappa shape index (κ1) is 27.3. The fourth-order valence-corrected chi connectivity index (χ4v) is 6.31. The van der Waals surface area contributed by atoms with Crippen molar-refractivity contribution in [2.45, 2.75) is 40.0 Å². The van der Waals surface area contributed by atoms with Crippen molar-refractivity contribution in [3.05, 3.63) is 92.5 Å². The van der Waals surface area contributed by atoms with Crippen molar-refractivity contribution < 1.29 is 18.9 Å². The number of methoxy groups -OCH3 is 1. The lowest BCUT2D eigenvalue weighted by Gasteiger charge is -2.33. The number of nitrogens with one attached hydrogen (secondary N) is 1. The van der Waals surface area contributed by atoms with Crippen LogP contribution in [0.3, 0.4) is 0 Å². The van der Waals surface area contributed by atoms with E-state index in [4.69, 9.17) is 14.1 Å². The molecule has 0 bridgehead atoms. The van der Waals surface area contributed by atoms with Gasteiger partial charge in [0.2, 0.25) is 0 Å². The summed E-state index contributed by atoms with van der Waals surface area (Å²) in [4.78, 5) is 30.2. The molecule has 0 saturated carbocycles. The summed E-state index contributed by atoms with van der Waals surface area (Å²) >= 11 is 1.57. The number of benzene rings is 2. The Balaban J connectivity index is 1.46. The monoisotopic (exact) mass is 557 g/mol. The first-order chi connectivity index (χ1) is 19.1. The van der Waals surface area contributed by atoms with Gasteiger partial charge in [0.25, 0.3) is 11.6 Å². The van der Waals surface area contributed by atoms with Crippen molar-refractivity contribution in [1.29, 1.82) is 0 Å². The quantitative estimate of drug-likeness (QED) is 0.140. The number of nitro groups is 1. The molecular formula is C31H31N3O5S. The highest BCUT2D eigenvalue weighted by Gasteiger charge is 2.33. The number of nitro benzene ring substituents is 1. The molecule has 1 atom stereocenters. The van der Waals surface area contributed by atoms with E-state index in [1.807, 2.05) is 30.3 Å². The van der Waals surface area contributed by atoms with Crippen LogP contribution in [0.4, 0.5) is 16.4 Å². The summed E-state index contributed by atoms with van der Waals surface area (Å²) in [6.07, 6.45) is 4.40. The van der Waals surface area contributed by atoms with E-state index >= 15 is 0 Å². The van der Waals surface area contributed by atoms with Gasteiger partial charge in [-0.2, -0.15) is 0 Å². The molecule has 0 unspecified atom stereocenters. The Labute approximate surface area is 236 Å². The van der Waals surface area contributed by atoms with Gasteiger partial charge < -0.3 is 14.5 Å². The second kappa shape index (κ2) is 11.1. The van der Waals surface area contributed by atoms with Crippen molar-refractivity contribution in [2.24, 2.45) is 16.3 Å². The molecule has 1 N–H and O–H groups in total. The molecule has 206 valence electrons. The van der Waals surface area contributed by atoms with Crippen LogP contribution in [0.5, 0.6) is 5.75 Å². The lowest BCUT2D eigenvalue weighted by molar-refractivity contribution is -0.384. The zero-order valence-electron chi connectivity index (χ0n) is 22.9. The minimum Gasteiger partial charge on any atom is -0.496 e. The Morgan fingerprint density at radius 3 is 2.65 bits per heavy atom. The average Bonchev–Trinajstić information content (AvgIpc) is 3.55. The number of para-hydroxylation sites is 1. The van der Waals surface area contributed by atoms with Crippen molar-refractivity contribution >= 4 is 39.8 Å². The molecule has 5 rings (SSSR count). The molecule has 4 aromatic rings. The normalized spacial score (nSPS) is 15.2. The molecule has 0 spiro atoms. The SMILES string of the molecule is COc1cc([N+](=O)[O-])ccc1-c1ccc(C=Nc2sc3c(c2C(=O)Nc2ccccc2)CC[C@H](C(C)(C)C)C3)o1. The van der Waals surface area contributed by atoms with Crippen LogP contribution in [-0.4, -0.2) is 24.2 Å². The van der Waals surface area contributed by atoms with Gasteiger partial charge in [-0.25, -0.2) is 4.99 Å². The van der Waals surface area contributed by atoms with Crippen molar-refractivity contribution in [3.63, 3.8) is 0 Å². The first-order valence-electron chi connectivity index (χ1n) is 13.1. The predicted molar refractivity (Wildman–Crippen MR) is 158 cm³/mol. The summed E-state index contributed by atoms with van der Waals surface area (Å²) in [5, 5.41) is 14.8. The molecule has 1 aliphatic rings. The number of anilines is 1. The third-order valence-electron chi connectivity index (χ3n) is 7.33. The number of furan rings is 1. The molecule has 2 aromatic heterocycles. The standard InChI is InChI=1S/C31H31N3O5S/c1-31(2,3)19-10-13-24-27(16-19)40-30(28(24)29(35)33-20-8-6-5-7-9-20)32-18-22-12-15-25(39-22)23-14-11-21(34(36)37)17-26(23)38-4/h5-9,11-12,14-15,17-19H,10,13,16H2,1-4H3,(H,33,35)/t19-/m0/s1. The van der Waals surface area contributed by atoms with E-state index in [0.717, 1.165) is 30.5 Å². The number of rotatable bonds is 7. The number of fused-ring (bicyclic) bond motifs is 1. The van der Waals surface area contributed by atoms with Crippen molar-refractivity contribution in [2.75, 3.05) is 12.4 Å². The van der Waals surface area contributed by atoms with E-state index in [9.17, 15) is 14.9 Å². The second-order valence-electron chi connectivity index (χ2n) is 10.9. The van der Waals surface area contributed by atoms with Gasteiger partial charge in [-0.3, -0.25) is 14.9 Å². The van der Waals surface area contributed by atoms with Gasteiger partial charge in [-0.05, 0) is 66.5 Å². The zero-order chi connectivity index (χ0) is 28.4. The van der Waals surface area contributed by atoms with Crippen molar-refractivity contribution in [1.82, 2.24) is 0 Å². The van der Waals surface area contributed by atoms with Crippen LogP contribution >= 0.6 is 11.3 Å². The Hall–Kier alpha value is -4.24. The Morgan fingerprint density at radius 1 is 1.18 bits per heavy atom. The highest BCUT2D eigenvalue weighted by Crippen LogP contribution is 2.45. The summed E-state index contributed by atoms with van der Waals surface area (Å²) in [7, 11) is 1.46. The van der Waals surface area contributed by atoms with Gasteiger partial charge in [-0.1, -0.05) is 39.0 Å². The van der Waals surface area contributed by atoms with Crippen LogP contribution in [0.2, 0.25) is 0 Å². The molecule has 0 aliphatic heterocycles. The lowest BCUT2D eigenvalue weighted by Crippen LogP contribution is -2.27. The molecule has 1 amide bonds. The van der Waals surface area contributed by atoms with Gasteiger partial charge in [0.15, 0.2) is 0 Å². The van der Waals surface area contributed by atoms with Crippen LogP contribution in [0.1, 0.15) is 53.8 Å². The predicted octanol–water partition coefficient (Wildman–Crippen LogP) is 8.08. The second-order valence-corrected chi connectivity index (χ2v) is 12.0. The minimum atomic E-state index is -0.470. The van der Waals surface area contributed by atoms with Gasteiger partial charge in [0, 0.05) is 16.6 Å². The largest absolute Gasteiger partial charge is 0.496 e. The summed E-state index contributed by atoms with van der Waals surface area (Å²) in [5.41, 5.74) is 3.15. The number of carbonyl (C=O) groups is 1.